The molecule has 2 aromatic carbocycles. The molecule has 1 aliphatic rings. The van der Waals surface area contributed by atoms with E-state index < -0.39 is 5.60 Å². The standard InChI is InChI=1S/C26H32FN3O3/c1-18-15-30(23(17-32-5)16-29(18)25(31)33-26(2,3)4)24(21-10-12-22(27)13-11-21)20-8-6-19(14-28)7-9-20/h6-13,18,23-24H,15-17H2,1-5H3/t18-,23-,24?/m0/s1. The molecule has 0 bridgehead atoms. The van der Waals surface area contributed by atoms with Gasteiger partial charge in [-0.05, 0) is 63.1 Å². The predicted octanol–water partition coefficient (Wildman–Crippen LogP) is 4.74. The average Bonchev–Trinajstić information content (AvgIpc) is 2.76. The third kappa shape index (κ3) is 6.10. The van der Waals surface area contributed by atoms with Crippen LogP contribution in [0.25, 0.3) is 0 Å². The third-order valence-electron chi connectivity index (χ3n) is 5.74. The Morgan fingerprint density at radius 1 is 1.12 bits per heavy atom. The van der Waals surface area contributed by atoms with Crippen LogP contribution < -0.4 is 0 Å². The first-order chi connectivity index (χ1) is 15.6. The van der Waals surface area contributed by atoms with Gasteiger partial charge in [0.25, 0.3) is 0 Å². The van der Waals surface area contributed by atoms with Crippen LogP contribution in [-0.2, 0) is 9.47 Å². The summed E-state index contributed by atoms with van der Waals surface area (Å²) in [5.41, 5.74) is 1.91. The van der Waals surface area contributed by atoms with E-state index in [9.17, 15) is 14.4 Å². The number of rotatable bonds is 5. The highest BCUT2D eigenvalue weighted by Crippen LogP contribution is 2.34. The number of ether oxygens (including phenoxy) is 2. The first-order valence-corrected chi connectivity index (χ1v) is 11.1. The molecule has 0 aromatic heterocycles. The van der Waals surface area contributed by atoms with Gasteiger partial charge in [0.15, 0.2) is 0 Å². The topological polar surface area (TPSA) is 65.8 Å². The van der Waals surface area contributed by atoms with Crippen LogP contribution in [0.1, 0.15) is 50.4 Å². The van der Waals surface area contributed by atoms with Crippen molar-refractivity contribution in [3.63, 3.8) is 0 Å². The number of methoxy groups -OCH3 is 1. The molecule has 2 aromatic rings. The van der Waals surface area contributed by atoms with Crippen molar-refractivity contribution in [2.75, 3.05) is 26.8 Å². The summed E-state index contributed by atoms with van der Waals surface area (Å²) in [5, 5.41) is 9.20. The molecule has 0 N–H and O–H groups in total. The maximum atomic E-state index is 13.7. The molecule has 6 nitrogen and oxygen atoms in total. The van der Waals surface area contributed by atoms with Crippen LogP contribution in [0.3, 0.4) is 0 Å². The van der Waals surface area contributed by atoms with Crippen molar-refractivity contribution in [1.29, 1.82) is 5.26 Å². The molecule has 0 aliphatic carbocycles. The molecule has 33 heavy (non-hydrogen) atoms. The van der Waals surface area contributed by atoms with Crippen molar-refractivity contribution in [2.45, 2.75) is 51.4 Å². The normalized spacial score (nSPS) is 20.2. The third-order valence-corrected chi connectivity index (χ3v) is 5.74. The molecule has 7 heteroatoms. The molecule has 176 valence electrons. The number of hydrogen-bond acceptors (Lipinski definition) is 5. The fourth-order valence-electron chi connectivity index (χ4n) is 4.26. The van der Waals surface area contributed by atoms with Gasteiger partial charge < -0.3 is 14.4 Å². The molecule has 0 spiro atoms. The summed E-state index contributed by atoms with van der Waals surface area (Å²) in [5.74, 6) is -0.297. The molecule has 1 unspecified atom stereocenters. The monoisotopic (exact) mass is 453 g/mol. The number of nitriles is 1. The second kappa shape index (κ2) is 10.3. The Kier molecular flexibility index (Phi) is 7.72. The average molecular weight is 454 g/mol. The summed E-state index contributed by atoms with van der Waals surface area (Å²) >= 11 is 0. The molecule has 1 saturated heterocycles. The second-order valence-electron chi connectivity index (χ2n) is 9.48. The van der Waals surface area contributed by atoms with E-state index in [2.05, 4.69) is 11.0 Å². The number of benzene rings is 2. The number of carbonyl (C=O) groups excluding carboxylic acids is 1. The summed E-state index contributed by atoms with van der Waals surface area (Å²) in [4.78, 5) is 16.9. The summed E-state index contributed by atoms with van der Waals surface area (Å²) in [6.07, 6.45) is -0.340. The number of hydrogen-bond donors (Lipinski definition) is 0. The van der Waals surface area contributed by atoms with Gasteiger partial charge in [-0.15, -0.1) is 0 Å². The Morgan fingerprint density at radius 3 is 2.21 bits per heavy atom. The number of nitrogens with zero attached hydrogens (tertiary/aromatic N) is 3. The fraction of sp³-hybridized carbons (Fsp3) is 0.462. The Hall–Kier alpha value is -2.95. The Labute approximate surface area is 195 Å². The molecular formula is C26H32FN3O3. The quantitative estimate of drug-likeness (QED) is 0.654. The second-order valence-corrected chi connectivity index (χ2v) is 9.48. The van der Waals surface area contributed by atoms with E-state index in [1.54, 1.807) is 36.3 Å². The van der Waals surface area contributed by atoms with Crippen LogP contribution in [-0.4, -0.2) is 60.4 Å². The van der Waals surface area contributed by atoms with E-state index >= 15 is 0 Å². The van der Waals surface area contributed by atoms with Gasteiger partial charge in [0.05, 0.1) is 30.3 Å². The first kappa shape index (κ1) is 24.7. The van der Waals surface area contributed by atoms with Crippen molar-refractivity contribution in [3.8, 4) is 6.07 Å². The lowest BCUT2D eigenvalue weighted by Gasteiger charge is -2.48. The van der Waals surface area contributed by atoms with E-state index in [0.29, 0.717) is 25.3 Å². The number of halogens is 1. The van der Waals surface area contributed by atoms with Crippen molar-refractivity contribution in [3.05, 3.63) is 71.0 Å². The Bertz CT molecular complexity index is 980. The van der Waals surface area contributed by atoms with Crippen molar-refractivity contribution in [1.82, 2.24) is 9.80 Å². The highest BCUT2D eigenvalue weighted by atomic mass is 19.1. The van der Waals surface area contributed by atoms with Gasteiger partial charge in [-0.25, -0.2) is 9.18 Å². The van der Waals surface area contributed by atoms with Crippen LogP contribution in [0.5, 0.6) is 0 Å². The number of carbonyl (C=O) groups is 1. The van der Waals surface area contributed by atoms with Crippen LogP contribution >= 0.6 is 0 Å². The summed E-state index contributed by atoms with van der Waals surface area (Å²) < 4.78 is 24.9. The fourth-order valence-corrected chi connectivity index (χ4v) is 4.26. The van der Waals surface area contributed by atoms with Gasteiger partial charge in [-0.1, -0.05) is 24.3 Å². The van der Waals surface area contributed by atoms with E-state index in [1.807, 2.05) is 39.8 Å². The van der Waals surface area contributed by atoms with Gasteiger partial charge in [-0.2, -0.15) is 5.26 Å². The van der Waals surface area contributed by atoms with Crippen LogP contribution in [0.15, 0.2) is 48.5 Å². The number of amides is 1. The highest BCUT2D eigenvalue weighted by molar-refractivity contribution is 5.68. The molecule has 1 amide bonds. The molecule has 1 aliphatic heterocycles. The molecule has 1 fully saturated rings. The van der Waals surface area contributed by atoms with Gasteiger partial charge in [-0.3, -0.25) is 4.90 Å². The molecule has 3 atom stereocenters. The van der Waals surface area contributed by atoms with E-state index in [-0.39, 0.29) is 30.0 Å². The number of piperazine rings is 1. The Morgan fingerprint density at radius 2 is 1.70 bits per heavy atom. The maximum Gasteiger partial charge on any atom is 0.410 e. The van der Waals surface area contributed by atoms with Crippen molar-refractivity contribution >= 4 is 6.09 Å². The molecular weight excluding hydrogens is 421 g/mol. The van der Waals surface area contributed by atoms with Gasteiger partial charge in [0, 0.05) is 26.2 Å². The summed E-state index contributed by atoms with van der Waals surface area (Å²) in [6, 6.07) is 15.7. The summed E-state index contributed by atoms with van der Waals surface area (Å²) in [6.45, 7) is 9.00. The van der Waals surface area contributed by atoms with E-state index in [1.165, 1.54) is 12.1 Å². The Balaban J connectivity index is 1.98. The largest absolute Gasteiger partial charge is 0.444 e. The minimum atomic E-state index is -0.580. The van der Waals surface area contributed by atoms with Crippen LogP contribution in [0.2, 0.25) is 0 Å². The minimum absolute atomic E-state index is 0.103. The lowest BCUT2D eigenvalue weighted by atomic mass is 9.93. The lowest BCUT2D eigenvalue weighted by molar-refractivity contribution is -0.0347. The molecule has 0 saturated carbocycles. The highest BCUT2D eigenvalue weighted by Gasteiger charge is 2.40. The predicted molar refractivity (Wildman–Crippen MR) is 124 cm³/mol. The first-order valence-electron chi connectivity index (χ1n) is 11.1. The minimum Gasteiger partial charge on any atom is -0.444 e. The van der Waals surface area contributed by atoms with Crippen molar-refractivity contribution in [2.24, 2.45) is 0 Å². The van der Waals surface area contributed by atoms with Gasteiger partial charge >= 0.3 is 6.09 Å². The van der Waals surface area contributed by atoms with Crippen LogP contribution in [0, 0.1) is 17.1 Å². The lowest BCUT2D eigenvalue weighted by Crippen LogP contribution is -2.61. The zero-order chi connectivity index (χ0) is 24.2. The zero-order valence-electron chi connectivity index (χ0n) is 19.9. The molecule has 3 rings (SSSR count). The zero-order valence-corrected chi connectivity index (χ0v) is 19.9. The van der Waals surface area contributed by atoms with Gasteiger partial charge in [0.1, 0.15) is 11.4 Å². The van der Waals surface area contributed by atoms with Crippen LogP contribution in [0.4, 0.5) is 9.18 Å². The maximum absolute atomic E-state index is 13.7. The molecule has 1 heterocycles. The van der Waals surface area contributed by atoms with E-state index in [4.69, 9.17) is 9.47 Å². The SMILES string of the molecule is COC[C@@H]1CN(C(=O)OC(C)(C)C)[C@@H](C)CN1C(c1ccc(F)cc1)c1ccc(C#N)cc1. The van der Waals surface area contributed by atoms with Gasteiger partial charge in [0.2, 0.25) is 0 Å². The van der Waals surface area contributed by atoms with Crippen molar-refractivity contribution < 1.29 is 18.7 Å². The van der Waals surface area contributed by atoms with E-state index in [0.717, 1.165) is 11.1 Å². The molecule has 0 radical (unpaired) electrons. The smallest absolute Gasteiger partial charge is 0.410 e. The summed E-state index contributed by atoms with van der Waals surface area (Å²) in [7, 11) is 1.64.